The van der Waals surface area contributed by atoms with Gasteiger partial charge in [0.2, 0.25) is 0 Å². The first-order chi connectivity index (χ1) is 28.3. The van der Waals surface area contributed by atoms with Gasteiger partial charge in [-0.3, -0.25) is 9.97 Å². The summed E-state index contributed by atoms with van der Waals surface area (Å²) >= 11 is 13.5. The van der Waals surface area contributed by atoms with Gasteiger partial charge in [0.05, 0.1) is 23.3 Å². The molecule has 0 bridgehead atoms. The number of nitrogens with one attached hydrogen (secondary N) is 2. The highest BCUT2D eigenvalue weighted by Crippen LogP contribution is 2.37. The predicted octanol–water partition coefficient (Wildman–Crippen LogP) is 8.55. The zero-order valence-corrected chi connectivity index (χ0v) is 34.2. The zero-order chi connectivity index (χ0) is 40.7. The minimum absolute atomic E-state index is 0.0249. The number of aliphatic hydroxyl groups is 2. The van der Waals surface area contributed by atoms with Crippen LogP contribution in [0.3, 0.4) is 0 Å². The van der Waals surface area contributed by atoms with Gasteiger partial charge in [0.1, 0.15) is 49.4 Å². The fraction of sp³-hybridized carbons (Fsp3) is 0.261. The molecule has 12 heteroatoms. The van der Waals surface area contributed by atoms with Crippen molar-refractivity contribution in [1.82, 2.24) is 20.6 Å². The van der Waals surface area contributed by atoms with E-state index in [1.54, 1.807) is 24.8 Å². The van der Waals surface area contributed by atoms with Gasteiger partial charge in [-0.2, -0.15) is 0 Å². The Morgan fingerprint density at radius 1 is 0.517 bits per heavy atom. The normalized spacial score (nSPS) is 11.1. The summed E-state index contributed by atoms with van der Waals surface area (Å²) in [4.78, 5) is 8.37. The first-order valence-electron chi connectivity index (χ1n) is 19.1. The number of rotatable bonds is 21. The van der Waals surface area contributed by atoms with Crippen LogP contribution in [0.4, 0.5) is 0 Å². The van der Waals surface area contributed by atoms with Gasteiger partial charge in [-0.15, -0.1) is 0 Å². The monoisotopic (exact) mass is 822 g/mol. The van der Waals surface area contributed by atoms with Gasteiger partial charge in [-0.05, 0) is 71.5 Å². The molecule has 302 valence electrons. The van der Waals surface area contributed by atoms with E-state index in [-0.39, 0.29) is 13.2 Å². The average molecular weight is 824 g/mol. The summed E-state index contributed by atoms with van der Waals surface area (Å²) in [6.45, 7) is 7.32. The molecular weight excluding hydrogens is 775 g/mol. The Labute approximate surface area is 349 Å². The zero-order valence-electron chi connectivity index (χ0n) is 32.6. The van der Waals surface area contributed by atoms with E-state index in [2.05, 4.69) is 58.7 Å². The molecule has 0 saturated carbocycles. The number of nitrogens with zero attached hydrogens (tertiary/aromatic N) is 2. The van der Waals surface area contributed by atoms with Crippen LogP contribution in [0.15, 0.2) is 110 Å². The molecule has 0 aliphatic carbocycles. The smallest absolute Gasteiger partial charge is 0.142 e. The molecule has 6 aromatic rings. The Balaban J connectivity index is 1.17. The standard InChI is InChI=1S/C46H48Cl2N4O6/c1-31-35(29-57-45-21-43(55-27-33-7-5-13-49-23-33)37(19-41(45)47)25-51-15-17-53)9-3-11-39(31)40-12-4-10-36(32(40)2)30-58-46-22-44(56-28-34-8-6-14-50-24-34)38(20-42(46)48)26-52-16-18-54/h3-14,19-24,51-54H,15-18,25-30H2,1-2H3. The molecule has 4 aromatic carbocycles. The minimum Gasteiger partial charge on any atom is -0.488 e. The lowest BCUT2D eigenvalue weighted by atomic mass is 9.92. The third-order valence-corrected chi connectivity index (χ3v) is 10.2. The van der Waals surface area contributed by atoms with Crippen LogP contribution < -0.4 is 29.6 Å². The molecular formula is C46H48Cl2N4O6. The second-order valence-electron chi connectivity index (χ2n) is 13.6. The van der Waals surface area contributed by atoms with E-state index in [0.717, 1.165) is 55.6 Å². The number of ether oxygens (including phenoxy) is 4. The SMILES string of the molecule is Cc1c(COc2cc(OCc3cccnc3)c(CNCCO)cc2Cl)cccc1-c1cccc(COc2cc(OCc3cccnc3)c(CNCCO)cc2Cl)c1C. The number of benzene rings is 4. The highest BCUT2D eigenvalue weighted by Gasteiger charge is 2.17. The Bertz CT molecular complexity index is 2090. The molecule has 0 spiro atoms. The maximum Gasteiger partial charge on any atom is 0.142 e. The van der Waals surface area contributed by atoms with Crippen molar-refractivity contribution < 1.29 is 29.2 Å². The predicted molar refractivity (Wildman–Crippen MR) is 228 cm³/mol. The highest BCUT2D eigenvalue weighted by atomic mass is 35.5. The van der Waals surface area contributed by atoms with Crippen LogP contribution in [0.5, 0.6) is 23.0 Å². The molecule has 2 heterocycles. The van der Waals surface area contributed by atoms with Gasteiger partial charge < -0.3 is 39.8 Å². The first kappa shape index (κ1) is 42.4. The van der Waals surface area contributed by atoms with Crippen molar-refractivity contribution in [2.75, 3.05) is 26.3 Å². The van der Waals surface area contributed by atoms with E-state index < -0.39 is 0 Å². The van der Waals surface area contributed by atoms with Crippen molar-refractivity contribution in [3.63, 3.8) is 0 Å². The third kappa shape index (κ3) is 11.5. The van der Waals surface area contributed by atoms with Gasteiger partial charge in [0, 0.05) is 85.4 Å². The second-order valence-corrected chi connectivity index (χ2v) is 14.5. The summed E-state index contributed by atoms with van der Waals surface area (Å²) in [7, 11) is 0. The molecule has 58 heavy (non-hydrogen) atoms. The van der Waals surface area contributed by atoms with Gasteiger partial charge in [0.15, 0.2) is 0 Å². The van der Waals surface area contributed by atoms with E-state index in [9.17, 15) is 10.2 Å². The van der Waals surface area contributed by atoms with E-state index in [1.165, 1.54) is 0 Å². The molecule has 0 radical (unpaired) electrons. The van der Waals surface area contributed by atoms with Gasteiger partial charge >= 0.3 is 0 Å². The third-order valence-electron chi connectivity index (χ3n) is 9.62. The summed E-state index contributed by atoms with van der Waals surface area (Å²) in [5, 5.41) is 25.9. The van der Waals surface area contributed by atoms with Crippen LogP contribution in [0.25, 0.3) is 11.1 Å². The quantitative estimate of drug-likeness (QED) is 0.0525. The van der Waals surface area contributed by atoms with Crippen molar-refractivity contribution in [3.05, 3.63) is 164 Å². The molecule has 0 fully saturated rings. The van der Waals surface area contributed by atoms with Gasteiger partial charge in [-0.25, -0.2) is 0 Å². The van der Waals surface area contributed by atoms with E-state index in [0.29, 0.717) is 85.6 Å². The molecule has 10 nitrogen and oxygen atoms in total. The van der Waals surface area contributed by atoms with Crippen molar-refractivity contribution in [2.24, 2.45) is 0 Å². The van der Waals surface area contributed by atoms with Crippen LogP contribution in [0.1, 0.15) is 44.5 Å². The lowest BCUT2D eigenvalue weighted by Gasteiger charge is -2.19. The largest absolute Gasteiger partial charge is 0.488 e. The highest BCUT2D eigenvalue weighted by molar-refractivity contribution is 6.32. The van der Waals surface area contributed by atoms with Crippen LogP contribution in [0, 0.1) is 13.8 Å². The molecule has 0 atom stereocenters. The Kier molecular flexibility index (Phi) is 15.7. The van der Waals surface area contributed by atoms with E-state index in [1.807, 2.05) is 60.7 Å². The number of aliphatic hydroxyl groups excluding tert-OH is 2. The summed E-state index contributed by atoms with van der Waals surface area (Å²) in [5.74, 6) is 2.28. The lowest BCUT2D eigenvalue weighted by Crippen LogP contribution is -2.18. The van der Waals surface area contributed by atoms with Crippen molar-refractivity contribution >= 4 is 23.2 Å². The summed E-state index contributed by atoms with van der Waals surface area (Å²) in [5.41, 5.74) is 9.95. The number of pyridine rings is 2. The molecule has 0 aliphatic rings. The maximum atomic E-state index is 9.28. The lowest BCUT2D eigenvalue weighted by molar-refractivity contribution is 0.282. The summed E-state index contributed by atoms with van der Waals surface area (Å²) in [6, 6.07) is 27.4. The van der Waals surface area contributed by atoms with Crippen molar-refractivity contribution in [1.29, 1.82) is 0 Å². The number of hydrogen-bond acceptors (Lipinski definition) is 10. The number of halogens is 2. The van der Waals surface area contributed by atoms with E-state index >= 15 is 0 Å². The number of hydrogen-bond donors (Lipinski definition) is 4. The minimum atomic E-state index is 0.0249. The first-order valence-corrected chi connectivity index (χ1v) is 19.8. The van der Waals surface area contributed by atoms with Crippen LogP contribution >= 0.6 is 23.2 Å². The fourth-order valence-electron chi connectivity index (χ4n) is 6.39. The average Bonchev–Trinajstić information content (AvgIpc) is 3.24. The van der Waals surface area contributed by atoms with Crippen LogP contribution in [-0.4, -0.2) is 46.5 Å². The van der Waals surface area contributed by atoms with Crippen LogP contribution in [-0.2, 0) is 39.5 Å². The number of aromatic nitrogens is 2. The molecule has 2 aromatic heterocycles. The fourth-order valence-corrected chi connectivity index (χ4v) is 6.87. The maximum absolute atomic E-state index is 9.28. The van der Waals surface area contributed by atoms with E-state index in [4.69, 9.17) is 42.1 Å². The Morgan fingerprint density at radius 2 is 0.948 bits per heavy atom. The molecule has 0 amide bonds. The van der Waals surface area contributed by atoms with Crippen molar-refractivity contribution in [2.45, 2.75) is 53.4 Å². The Morgan fingerprint density at radius 3 is 1.34 bits per heavy atom. The molecule has 6 rings (SSSR count). The molecule has 4 N–H and O–H groups in total. The molecule has 0 aliphatic heterocycles. The van der Waals surface area contributed by atoms with Crippen molar-refractivity contribution in [3.8, 4) is 34.1 Å². The topological polar surface area (TPSA) is 127 Å². The molecule has 0 saturated heterocycles. The summed E-state index contributed by atoms with van der Waals surface area (Å²) in [6.07, 6.45) is 6.99. The van der Waals surface area contributed by atoms with Crippen LogP contribution in [0.2, 0.25) is 10.0 Å². The summed E-state index contributed by atoms with van der Waals surface area (Å²) < 4.78 is 25.2. The van der Waals surface area contributed by atoms with Gasteiger partial charge in [0.25, 0.3) is 0 Å². The Hall–Kier alpha value is -5.20. The second kappa shape index (κ2) is 21.5. The molecule has 0 unspecified atom stereocenters. The van der Waals surface area contributed by atoms with Gasteiger partial charge in [-0.1, -0.05) is 71.7 Å².